The van der Waals surface area contributed by atoms with E-state index in [2.05, 4.69) is 15.2 Å². The number of hydrogen-bond donors (Lipinski definition) is 0. The lowest BCUT2D eigenvalue weighted by atomic mass is 10.1. The summed E-state index contributed by atoms with van der Waals surface area (Å²) < 4.78 is 1.88. The molecule has 0 unspecified atom stereocenters. The highest BCUT2D eigenvalue weighted by molar-refractivity contribution is 5.54. The van der Waals surface area contributed by atoms with Gasteiger partial charge in [-0.05, 0) is 36.6 Å². The molecule has 3 rings (SSSR count). The van der Waals surface area contributed by atoms with Crippen molar-refractivity contribution in [2.75, 3.05) is 0 Å². The predicted octanol–water partition coefficient (Wildman–Crippen LogP) is 5.09. The Morgan fingerprint density at radius 1 is 1.21 bits per heavy atom. The number of imidazole rings is 1. The molecule has 122 valence electrons. The second-order valence-corrected chi connectivity index (χ2v) is 5.88. The third-order valence-electron chi connectivity index (χ3n) is 3.63. The molecule has 0 saturated carbocycles. The number of benzene rings is 1. The minimum absolute atomic E-state index is 0.00991. The SMILES string of the molecule is Cc1ccn2c(N=Nc3cccc([N+](=O)[O-])c3)c(C(C)C)nc2c1. The fraction of sp³-hybridized carbons (Fsp3) is 0.235. The molecule has 0 spiro atoms. The van der Waals surface area contributed by atoms with E-state index < -0.39 is 4.92 Å². The molecule has 0 radical (unpaired) electrons. The van der Waals surface area contributed by atoms with Gasteiger partial charge in [0.05, 0.1) is 16.3 Å². The van der Waals surface area contributed by atoms with Gasteiger partial charge in [-0.2, -0.15) is 0 Å². The molecule has 0 atom stereocenters. The number of pyridine rings is 1. The van der Waals surface area contributed by atoms with Crippen LogP contribution in [-0.4, -0.2) is 14.3 Å². The Bertz CT molecular complexity index is 943. The van der Waals surface area contributed by atoms with Gasteiger partial charge in [-0.3, -0.25) is 14.5 Å². The van der Waals surface area contributed by atoms with Crippen LogP contribution < -0.4 is 0 Å². The quantitative estimate of drug-likeness (QED) is 0.381. The number of aromatic nitrogens is 2. The first-order valence-corrected chi connectivity index (χ1v) is 7.60. The van der Waals surface area contributed by atoms with Gasteiger partial charge in [0.1, 0.15) is 5.65 Å². The van der Waals surface area contributed by atoms with Crippen LogP contribution >= 0.6 is 0 Å². The Morgan fingerprint density at radius 3 is 2.71 bits per heavy atom. The van der Waals surface area contributed by atoms with Crippen LogP contribution in [0, 0.1) is 17.0 Å². The van der Waals surface area contributed by atoms with Crippen molar-refractivity contribution in [3.8, 4) is 0 Å². The first-order valence-electron chi connectivity index (χ1n) is 7.60. The molecule has 7 nitrogen and oxygen atoms in total. The lowest BCUT2D eigenvalue weighted by molar-refractivity contribution is -0.384. The number of azo groups is 1. The monoisotopic (exact) mass is 323 g/mol. The standard InChI is InChI=1S/C17H17N5O2/c1-11(2)16-17(21-8-7-12(3)9-15(21)18-16)20-19-13-5-4-6-14(10-13)22(23)24/h4-11H,1-3H3. The van der Waals surface area contributed by atoms with Gasteiger partial charge >= 0.3 is 0 Å². The smallest absolute Gasteiger partial charge is 0.271 e. The van der Waals surface area contributed by atoms with E-state index >= 15 is 0 Å². The molecule has 2 heterocycles. The first kappa shape index (κ1) is 15.8. The molecule has 0 amide bonds. The highest BCUT2D eigenvalue weighted by atomic mass is 16.6. The second-order valence-electron chi connectivity index (χ2n) is 5.88. The Hall–Kier alpha value is -3.09. The first-order chi connectivity index (χ1) is 11.5. The Kier molecular flexibility index (Phi) is 4.07. The molecule has 0 fully saturated rings. The fourth-order valence-corrected chi connectivity index (χ4v) is 2.41. The molecular weight excluding hydrogens is 306 g/mol. The largest absolute Gasteiger partial charge is 0.283 e. The van der Waals surface area contributed by atoms with Crippen molar-refractivity contribution in [2.24, 2.45) is 10.2 Å². The molecule has 24 heavy (non-hydrogen) atoms. The molecule has 1 aromatic carbocycles. The lowest BCUT2D eigenvalue weighted by Gasteiger charge is -2.01. The second kappa shape index (κ2) is 6.19. The normalized spacial score (nSPS) is 11.7. The van der Waals surface area contributed by atoms with Gasteiger partial charge in [0.15, 0.2) is 5.82 Å². The van der Waals surface area contributed by atoms with Crippen LogP contribution in [0.5, 0.6) is 0 Å². The van der Waals surface area contributed by atoms with Crippen molar-refractivity contribution in [3.05, 3.63) is 64.0 Å². The average molecular weight is 323 g/mol. The summed E-state index contributed by atoms with van der Waals surface area (Å²) in [6.07, 6.45) is 1.91. The molecule has 2 aromatic heterocycles. The van der Waals surface area contributed by atoms with Crippen LogP contribution in [0.25, 0.3) is 5.65 Å². The summed E-state index contributed by atoms with van der Waals surface area (Å²) in [5, 5.41) is 19.3. The van der Waals surface area contributed by atoms with Crippen molar-refractivity contribution >= 4 is 22.8 Å². The van der Waals surface area contributed by atoms with E-state index in [4.69, 9.17) is 0 Å². The number of nitro groups is 1. The highest BCUT2D eigenvalue weighted by Crippen LogP contribution is 2.30. The van der Waals surface area contributed by atoms with E-state index in [1.54, 1.807) is 12.1 Å². The van der Waals surface area contributed by atoms with Crippen LogP contribution in [0.2, 0.25) is 0 Å². The van der Waals surface area contributed by atoms with E-state index in [1.807, 2.05) is 43.5 Å². The van der Waals surface area contributed by atoms with Crippen LogP contribution in [-0.2, 0) is 0 Å². The molecule has 3 aromatic rings. The molecule has 0 saturated heterocycles. The molecule has 0 aliphatic rings. The summed E-state index contributed by atoms with van der Waals surface area (Å²) in [6, 6.07) is 10.1. The van der Waals surface area contributed by atoms with Gasteiger partial charge in [-0.15, -0.1) is 10.2 Å². The van der Waals surface area contributed by atoms with Gasteiger partial charge in [0, 0.05) is 18.3 Å². The number of hydrogen-bond acceptors (Lipinski definition) is 5. The molecule has 7 heteroatoms. The number of aryl methyl sites for hydroxylation is 1. The number of nitro benzene ring substituents is 1. The van der Waals surface area contributed by atoms with E-state index in [0.717, 1.165) is 16.9 Å². The molecular formula is C17H17N5O2. The maximum Gasteiger partial charge on any atom is 0.271 e. The number of rotatable bonds is 4. The number of non-ortho nitro benzene ring substituents is 1. The molecule has 0 aliphatic heterocycles. The Balaban J connectivity index is 2.07. The van der Waals surface area contributed by atoms with Gasteiger partial charge in [-0.1, -0.05) is 19.9 Å². The summed E-state index contributed by atoms with van der Waals surface area (Å²) in [5.41, 5.74) is 3.19. The van der Waals surface area contributed by atoms with E-state index in [9.17, 15) is 10.1 Å². The minimum atomic E-state index is -0.449. The Morgan fingerprint density at radius 2 is 2.00 bits per heavy atom. The van der Waals surface area contributed by atoms with Crippen LogP contribution in [0.1, 0.15) is 31.0 Å². The molecule has 0 N–H and O–H groups in total. The van der Waals surface area contributed by atoms with Crippen LogP contribution in [0.4, 0.5) is 17.2 Å². The average Bonchev–Trinajstić information content (AvgIpc) is 2.91. The summed E-state index contributed by atoms with van der Waals surface area (Å²) in [6.45, 7) is 6.09. The van der Waals surface area contributed by atoms with Crippen molar-refractivity contribution in [1.82, 2.24) is 9.38 Å². The zero-order chi connectivity index (χ0) is 17.3. The summed E-state index contributed by atoms with van der Waals surface area (Å²) in [4.78, 5) is 15.0. The molecule has 0 bridgehead atoms. The Labute approximate surface area is 138 Å². The number of fused-ring (bicyclic) bond motifs is 1. The maximum absolute atomic E-state index is 10.9. The van der Waals surface area contributed by atoms with Crippen molar-refractivity contribution < 1.29 is 4.92 Å². The van der Waals surface area contributed by atoms with Gasteiger partial charge in [0.2, 0.25) is 0 Å². The summed E-state index contributed by atoms with van der Waals surface area (Å²) in [5.74, 6) is 0.829. The maximum atomic E-state index is 10.9. The predicted molar refractivity (Wildman–Crippen MR) is 91.3 cm³/mol. The third-order valence-corrected chi connectivity index (χ3v) is 3.63. The van der Waals surface area contributed by atoms with E-state index in [0.29, 0.717) is 11.5 Å². The van der Waals surface area contributed by atoms with Gasteiger partial charge < -0.3 is 0 Å². The summed E-state index contributed by atoms with van der Waals surface area (Å²) >= 11 is 0. The topological polar surface area (TPSA) is 85.2 Å². The van der Waals surface area contributed by atoms with E-state index in [1.165, 1.54) is 12.1 Å². The van der Waals surface area contributed by atoms with Crippen LogP contribution in [0.3, 0.4) is 0 Å². The van der Waals surface area contributed by atoms with Crippen molar-refractivity contribution in [1.29, 1.82) is 0 Å². The van der Waals surface area contributed by atoms with Gasteiger partial charge in [-0.25, -0.2) is 4.98 Å². The zero-order valence-corrected chi connectivity index (χ0v) is 13.7. The van der Waals surface area contributed by atoms with E-state index in [-0.39, 0.29) is 11.6 Å². The lowest BCUT2D eigenvalue weighted by Crippen LogP contribution is -1.88. The zero-order valence-electron chi connectivity index (χ0n) is 13.7. The number of nitrogens with zero attached hydrogens (tertiary/aromatic N) is 5. The summed E-state index contributed by atoms with van der Waals surface area (Å²) in [7, 11) is 0. The molecule has 0 aliphatic carbocycles. The third kappa shape index (κ3) is 3.01. The highest BCUT2D eigenvalue weighted by Gasteiger charge is 2.15. The fourth-order valence-electron chi connectivity index (χ4n) is 2.41. The van der Waals surface area contributed by atoms with Crippen molar-refractivity contribution in [2.45, 2.75) is 26.7 Å². The van der Waals surface area contributed by atoms with Crippen LogP contribution in [0.15, 0.2) is 52.8 Å². The minimum Gasteiger partial charge on any atom is -0.283 e. The van der Waals surface area contributed by atoms with Crippen molar-refractivity contribution in [3.63, 3.8) is 0 Å². The van der Waals surface area contributed by atoms with Gasteiger partial charge in [0.25, 0.3) is 5.69 Å².